The molecule has 1 aliphatic heterocycles. The predicted molar refractivity (Wildman–Crippen MR) is 96.1 cm³/mol. The maximum atomic E-state index is 12.3. The lowest BCUT2D eigenvalue weighted by Crippen LogP contribution is -2.33. The van der Waals surface area contributed by atoms with E-state index in [2.05, 4.69) is 0 Å². The minimum atomic E-state index is 0.196. The molecule has 2 aromatic carbocycles. The third-order valence-electron chi connectivity index (χ3n) is 4.49. The molecule has 0 bridgehead atoms. The average Bonchev–Trinajstić information content (AvgIpc) is 2.92. The van der Waals surface area contributed by atoms with E-state index in [1.807, 2.05) is 47.4 Å². The standard InChI is InChI=1S/C19H21ClN2O2/c1-24-18-11-14(4-8-17(18)21)10-16-7-9-19(23)22(16)12-13-2-5-15(20)6-3-13/h2-6,8,11,16H,7,9-10,12,21H2,1H3. The van der Waals surface area contributed by atoms with Crippen molar-refractivity contribution in [1.29, 1.82) is 0 Å². The molecule has 1 heterocycles. The zero-order chi connectivity index (χ0) is 17.1. The van der Waals surface area contributed by atoms with E-state index in [0.29, 0.717) is 29.4 Å². The minimum absolute atomic E-state index is 0.196. The Morgan fingerprint density at radius 1 is 1.21 bits per heavy atom. The molecule has 2 N–H and O–H groups in total. The number of likely N-dealkylation sites (tertiary alicyclic amines) is 1. The number of nitrogens with two attached hydrogens (primary N) is 1. The smallest absolute Gasteiger partial charge is 0.223 e. The van der Waals surface area contributed by atoms with Gasteiger partial charge in [0.25, 0.3) is 0 Å². The molecule has 1 fully saturated rings. The first-order chi connectivity index (χ1) is 11.6. The summed E-state index contributed by atoms with van der Waals surface area (Å²) < 4.78 is 5.29. The molecule has 2 aromatic rings. The number of halogens is 1. The second-order valence-electron chi connectivity index (χ2n) is 6.12. The number of hydrogen-bond acceptors (Lipinski definition) is 3. The third kappa shape index (κ3) is 3.65. The number of hydrogen-bond donors (Lipinski definition) is 1. The highest BCUT2D eigenvalue weighted by Crippen LogP contribution is 2.28. The van der Waals surface area contributed by atoms with Crippen LogP contribution in [0.1, 0.15) is 24.0 Å². The molecule has 5 heteroatoms. The molecule has 0 radical (unpaired) electrons. The number of carbonyl (C=O) groups excluding carboxylic acids is 1. The SMILES string of the molecule is COc1cc(CC2CCC(=O)N2Cc2ccc(Cl)cc2)ccc1N. The summed E-state index contributed by atoms with van der Waals surface area (Å²) >= 11 is 5.93. The number of nitrogens with zero attached hydrogens (tertiary/aromatic N) is 1. The fourth-order valence-corrected chi connectivity index (χ4v) is 3.29. The lowest BCUT2D eigenvalue weighted by molar-refractivity contribution is -0.129. The van der Waals surface area contributed by atoms with Gasteiger partial charge in [0, 0.05) is 24.0 Å². The first kappa shape index (κ1) is 16.7. The molecular weight excluding hydrogens is 324 g/mol. The van der Waals surface area contributed by atoms with E-state index >= 15 is 0 Å². The van der Waals surface area contributed by atoms with Crippen LogP contribution in [-0.4, -0.2) is 24.0 Å². The molecule has 126 valence electrons. The van der Waals surface area contributed by atoms with Gasteiger partial charge in [-0.2, -0.15) is 0 Å². The summed E-state index contributed by atoms with van der Waals surface area (Å²) in [6.45, 7) is 0.618. The number of rotatable bonds is 5. The number of carbonyl (C=O) groups is 1. The predicted octanol–water partition coefficient (Wildman–Crippen LogP) is 3.66. The lowest BCUT2D eigenvalue weighted by Gasteiger charge is -2.25. The number of methoxy groups -OCH3 is 1. The van der Waals surface area contributed by atoms with Crippen LogP contribution in [0.15, 0.2) is 42.5 Å². The number of amides is 1. The van der Waals surface area contributed by atoms with Gasteiger partial charge in [-0.1, -0.05) is 29.8 Å². The van der Waals surface area contributed by atoms with Crippen molar-refractivity contribution in [1.82, 2.24) is 4.90 Å². The minimum Gasteiger partial charge on any atom is -0.495 e. The highest BCUT2D eigenvalue weighted by molar-refractivity contribution is 6.30. The van der Waals surface area contributed by atoms with E-state index in [9.17, 15) is 4.79 Å². The van der Waals surface area contributed by atoms with Crippen LogP contribution in [0.4, 0.5) is 5.69 Å². The molecular formula is C19H21ClN2O2. The van der Waals surface area contributed by atoms with E-state index in [1.54, 1.807) is 7.11 Å². The van der Waals surface area contributed by atoms with Gasteiger partial charge < -0.3 is 15.4 Å². The molecule has 1 unspecified atom stereocenters. The van der Waals surface area contributed by atoms with Crippen molar-refractivity contribution in [2.24, 2.45) is 0 Å². The maximum Gasteiger partial charge on any atom is 0.223 e. The van der Waals surface area contributed by atoms with Gasteiger partial charge in [0.05, 0.1) is 12.8 Å². The van der Waals surface area contributed by atoms with Gasteiger partial charge in [-0.15, -0.1) is 0 Å². The van der Waals surface area contributed by atoms with E-state index in [-0.39, 0.29) is 11.9 Å². The summed E-state index contributed by atoms with van der Waals surface area (Å²) in [6.07, 6.45) is 2.28. The molecule has 24 heavy (non-hydrogen) atoms. The van der Waals surface area contributed by atoms with Crippen molar-refractivity contribution in [3.63, 3.8) is 0 Å². The second kappa shape index (κ2) is 7.14. The van der Waals surface area contributed by atoms with Crippen LogP contribution in [0.2, 0.25) is 5.02 Å². The monoisotopic (exact) mass is 344 g/mol. The van der Waals surface area contributed by atoms with Crippen molar-refractivity contribution in [3.05, 3.63) is 58.6 Å². The Kier molecular flexibility index (Phi) is 4.95. The van der Waals surface area contributed by atoms with Gasteiger partial charge in [-0.05, 0) is 48.2 Å². The van der Waals surface area contributed by atoms with Crippen LogP contribution in [0.25, 0.3) is 0 Å². The van der Waals surface area contributed by atoms with Crippen molar-refractivity contribution in [2.45, 2.75) is 31.8 Å². The fourth-order valence-electron chi connectivity index (χ4n) is 3.16. The van der Waals surface area contributed by atoms with Crippen LogP contribution < -0.4 is 10.5 Å². The molecule has 0 spiro atoms. The highest BCUT2D eigenvalue weighted by atomic mass is 35.5. The molecule has 0 saturated carbocycles. The number of benzene rings is 2. The summed E-state index contributed by atoms with van der Waals surface area (Å²) in [5.74, 6) is 0.887. The summed E-state index contributed by atoms with van der Waals surface area (Å²) in [4.78, 5) is 14.2. The van der Waals surface area contributed by atoms with Crippen LogP contribution in [0.3, 0.4) is 0 Å². The van der Waals surface area contributed by atoms with E-state index in [4.69, 9.17) is 22.1 Å². The molecule has 1 aliphatic rings. The quantitative estimate of drug-likeness (QED) is 0.842. The molecule has 0 aromatic heterocycles. The molecule has 1 atom stereocenters. The largest absolute Gasteiger partial charge is 0.495 e. The zero-order valence-corrected chi connectivity index (χ0v) is 14.4. The van der Waals surface area contributed by atoms with Crippen LogP contribution in [-0.2, 0) is 17.8 Å². The van der Waals surface area contributed by atoms with E-state index < -0.39 is 0 Å². The molecule has 0 aliphatic carbocycles. The summed E-state index contributed by atoms with van der Waals surface area (Å²) in [7, 11) is 1.61. The van der Waals surface area contributed by atoms with Crippen molar-refractivity contribution in [2.75, 3.05) is 12.8 Å². The van der Waals surface area contributed by atoms with Gasteiger partial charge in [0.2, 0.25) is 5.91 Å². The Morgan fingerprint density at radius 3 is 2.62 bits per heavy atom. The average molecular weight is 345 g/mol. The normalized spacial score (nSPS) is 17.3. The lowest BCUT2D eigenvalue weighted by atomic mass is 10.0. The van der Waals surface area contributed by atoms with E-state index in [0.717, 1.165) is 24.0 Å². The molecule has 4 nitrogen and oxygen atoms in total. The second-order valence-corrected chi connectivity index (χ2v) is 6.56. The topological polar surface area (TPSA) is 55.6 Å². The number of ether oxygens (including phenoxy) is 1. The summed E-state index contributed by atoms with van der Waals surface area (Å²) in [5, 5.41) is 0.706. The number of nitrogen functional groups attached to an aromatic ring is 1. The van der Waals surface area contributed by atoms with Crippen molar-refractivity contribution < 1.29 is 9.53 Å². The van der Waals surface area contributed by atoms with Crippen molar-refractivity contribution in [3.8, 4) is 5.75 Å². The number of anilines is 1. The van der Waals surface area contributed by atoms with Crippen LogP contribution in [0, 0.1) is 0 Å². The Morgan fingerprint density at radius 2 is 1.92 bits per heavy atom. The Balaban J connectivity index is 1.74. The third-order valence-corrected chi connectivity index (χ3v) is 4.74. The first-order valence-electron chi connectivity index (χ1n) is 8.03. The van der Waals surface area contributed by atoms with Gasteiger partial charge in [-0.3, -0.25) is 4.79 Å². The van der Waals surface area contributed by atoms with Gasteiger partial charge in [-0.25, -0.2) is 0 Å². The fraction of sp³-hybridized carbons (Fsp3) is 0.316. The Hall–Kier alpha value is -2.20. The van der Waals surface area contributed by atoms with Gasteiger partial charge in [0.1, 0.15) is 5.75 Å². The zero-order valence-electron chi connectivity index (χ0n) is 13.7. The summed E-state index contributed by atoms with van der Waals surface area (Å²) in [5.41, 5.74) is 8.72. The molecule has 1 saturated heterocycles. The van der Waals surface area contributed by atoms with Crippen LogP contribution in [0.5, 0.6) is 5.75 Å². The molecule has 3 rings (SSSR count). The summed E-state index contributed by atoms with van der Waals surface area (Å²) in [6, 6.07) is 13.7. The van der Waals surface area contributed by atoms with Gasteiger partial charge in [0.15, 0.2) is 0 Å². The van der Waals surface area contributed by atoms with Crippen LogP contribution >= 0.6 is 11.6 Å². The first-order valence-corrected chi connectivity index (χ1v) is 8.41. The highest BCUT2D eigenvalue weighted by Gasteiger charge is 2.30. The van der Waals surface area contributed by atoms with Crippen molar-refractivity contribution >= 4 is 23.2 Å². The maximum absolute atomic E-state index is 12.3. The Bertz CT molecular complexity index is 731. The molecule has 1 amide bonds. The van der Waals surface area contributed by atoms with Gasteiger partial charge >= 0.3 is 0 Å². The Labute approximate surface area is 147 Å². The van der Waals surface area contributed by atoms with E-state index in [1.165, 1.54) is 0 Å².